The Morgan fingerprint density at radius 2 is 1.87 bits per heavy atom. The summed E-state index contributed by atoms with van der Waals surface area (Å²) in [7, 11) is 0. The fourth-order valence-electron chi connectivity index (χ4n) is 1.05. The van der Waals surface area contributed by atoms with Gasteiger partial charge >= 0.3 is 0 Å². The van der Waals surface area contributed by atoms with E-state index in [9.17, 15) is 5.11 Å². The summed E-state index contributed by atoms with van der Waals surface area (Å²) in [5, 5.41) is 35.0. The Balaban J connectivity index is 0.000000423. The number of aromatic hydroxyl groups is 2. The highest BCUT2D eigenvalue weighted by Gasteiger charge is 2.02. The number of para-hydroxylation sites is 1. The van der Waals surface area contributed by atoms with E-state index in [1.165, 1.54) is 6.07 Å². The number of phenolic OH excluding ortho intramolecular Hbond substituents is 2. The highest BCUT2D eigenvalue weighted by Crippen LogP contribution is 2.28. The molecule has 0 aliphatic heterocycles. The van der Waals surface area contributed by atoms with Crippen LogP contribution in [0.15, 0.2) is 18.2 Å². The first kappa shape index (κ1) is 13.1. The van der Waals surface area contributed by atoms with Crippen LogP contribution >= 0.6 is 0 Å². The van der Waals surface area contributed by atoms with E-state index >= 15 is 0 Å². The molecule has 0 bridgehead atoms. The van der Waals surface area contributed by atoms with Crippen LogP contribution in [0.4, 0.5) is 4.79 Å². The molecule has 0 spiro atoms. The van der Waals surface area contributed by atoms with Gasteiger partial charge in [0, 0.05) is 0 Å². The summed E-state index contributed by atoms with van der Waals surface area (Å²) in [6.07, 6.45) is -0.558. The van der Waals surface area contributed by atoms with Gasteiger partial charge in [0.25, 0.3) is 0 Å². The highest BCUT2D eigenvalue weighted by molar-refractivity contribution is 5.47. The minimum atomic E-state index is -2.33. The van der Waals surface area contributed by atoms with Gasteiger partial charge in [-0.1, -0.05) is 25.5 Å². The van der Waals surface area contributed by atoms with Gasteiger partial charge in [-0.05, 0) is 24.2 Å². The molecule has 2 N–H and O–H groups in total. The van der Waals surface area contributed by atoms with Crippen LogP contribution in [-0.4, -0.2) is 16.4 Å². The number of hydrogen-bond donors (Lipinski definition) is 2. The van der Waals surface area contributed by atoms with Gasteiger partial charge in [0.05, 0.1) is 0 Å². The Morgan fingerprint density at radius 3 is 2.33 bits per heavy atom. The number of hydrogen-bond acceptors (Lipinski definition) is 5. The van der Waals surface area contributed by atoms with Crippen molar-refractivity contribution in [1.82, 2.24) is 0 Å². The quantitative estimate of drug-likeness (QED) is 0.649. The average Bonchev–Trinajstić information content (AvgIpc) is 2.12. The lowest BCUT2D eigenvalue weighted by Crippen LogP contribution is -2.37. The normalized spacial score (nSPS) is 8.87. The molecular formula is C10H12O5-2. The van der Waals surface area contributed by atoms with Gasteiger partial charge in [0.2, 0.25) is 0 Å². The molecule has 15 heavy (non-hydrogen) atoms. The SMILES string of the molecule is CCCc1cccc(O)c1O.O=C([O-])[O-]. The molecule has 84 valence electrons. The van der Waals surface area contributed by atoms with E-state index in [-0.39, 0.29) is 11.5 Å². The fourth-order valence-corrected chi connectivity index (χ4v) is 1.05. The Morgan fingerprint density at radius 1 is 1.33 bits per heavy atom. The van der Waals surface area contributed by atoms with Crippen LogP contribution in [0.1, 0.15) is 18.9 Å². The van der Waals surface area contributed by atoms with E-state index in [0.29, 0.717) is 0 Å². The molecular weight excluding hydrogens is 200 g/mol. The Kier molecular flexibility index (Phi) is 5.70. The van der Waals surface area contributed by atoms with Crippen molar-refractivity contribution in [2.75, 3.05) is 0 Å². The van der Waals surface area contributed by atoms with Crippen molar-refractivity contribution in [2.45, 2.75) is 19.8 Å². The van der Waals surface area contributed by atoms with Crippen molar-refractivity contribution >= 4 is 6.16 Å². The van der Waals surface area contributed by atoms with Crippen molar-refractivity contribution in [2.24, 2.45) is 0 Å². The van der Waals surface area contributed by atoms with E-state index < -0.39 is 6.16 Å². The first-order valence-corrected chi connectivity index (χ1v) is 4.36. The predicted octanol–water partition coefficient (Wildman–Crippen LogP) is -0.397. The molecule has 0 aliphatic rings. The molecule has 0 saturated carbocycles. The number of carbonyl (C=O) groups excluding carboxylic acids is 1. The molecule has 0 saturated heterocycles. The lowest BCUT2D eigenvalue weighted by molar-refractivity contribution is -0.415. The number of rotatable bonds is 2. The van der Waals surface area contributed by atoms with Gasteiger partial charge in [-0.2, -0.15) is 0 Å². The molecule has 0 aliphatic carbocycles. The summed E-state index contributed by atoms with van der Waals surface area (Å²) in [5.41, 5.74) is 0.813. The second kappa shape index (κ2) is 6.53. The fraction of sp³-hybridized carbons (Fsp3) is 0.300. The summed E-state index contributed by atoms with van der Waals surface area (Å²) in [5.74, 6) is -0.00898. The van der Waals surface area contributed by atoms with Crippen LogP contribution in [0, 0.1) is 0 Å². The molecule has 0 heterocycles. The third-order valence-corrected chi connectivity index (χ3v) is 1.62. The van der Waals surface area contributed by atoms with E-state index in [1.54, 1.807) is 6.07 Å². The predicted molar refractivity (Wildman–Crippen MR) is 49.2 cm³/mol. The molecule has 0 atom stereocenters. The molecule has 5 nitrogen and oxygen atoms in total. The number of aryl methyl sites for hydroxylation is 1. The van der Waals surface area contributed by atoms with Crippen molar-refractivity contribution in [3.63, 3.8) is 0 Å². The van der Waals surface area contributed by atoms with Gasteiger partial charge in [0.15, 0.2) is 11.5 Å². The van der Waals surface area contributed by atoms with Crippen LogP contribution in [-0.2, 0) is 6.42 Å². The zero-order valence-electron chi connectivity index (χ0n) is 8.27. The Labute approximate surface area is 87.2 Å². The molecule has 1 aromatic carbocycles. The Bertz CT molecular complexity index is 318. The summed E-state index contributed by atoms with van der Waals surface area (Å²) in [4.78, 5) is 8.33. The largest absolute Gasteiger partial charge is 0.652 e. The average molecular weight is 212 g/mol. The summed E-state index contributed by atoms with van der Waals surface area (Å²) in [6, 6.07) is 5.03. The number of carboxylic acid groups (broad SMARTS) is 2. The van der Waals surface area contributed by atoms with Gasteiger partial charge in [0.1, 0.15) is 0 Å². The van der Waals surface area contributed by atoms with Crippen molar-refractivity contribution in [3.05, 3.63) is 23.8 Å². The van der Waals surface area contributed by atoms with Crippen molar-refractivity contribution < 1.29 is 25.2 Å². The maximum absolute atomic E-state index is 9.28. The molecule has 0 unspecified atom stereocenters. The van der Waals surface area contributed by atoms with E-state index in [2.05, 4.69) is 0 Å². The van der Waals surface area contributed by atoms with Gasteiger partial charge in [-0.3, -0.25) is 0 Å². The van der Waals surface area contributed by atoms with Gasteiger partial charge in [-0.15, -0.1) is 0 Å². The first-order valence-electron chi connectivity index (χ1n) is 4.36. The van der Waals surface area contributed by atoms with E-state index in [1.807, 2.05) is 13.0 Å². The van der Waals surface area contributed by atoms with Crippen LogP contribution in [0.3, 0.4) is 0 Å². The van der Waals surface area contributed by atoms with Crippen molar-refractivity contribution in [3.8, 4) is 11.5 Å². The third kappa shape index (κ3) is 5.41. The molecule has 0 radical (unpaired) electrons. The highest BCUT2D eigenvalue weighted by atomic mass is 16.6. The van der Waals surface area contributed by atoms with E-state index in [4.69, 9.17) is 20.1 Å². The first-order chi connectivity index (χ1) is 6.99. The molecule has 0 amide bonds. The standard InChI is InChI=1S/C9H12O2.CH2O3/c1-2-4-7-5-3-6-8(10)9(7)11;2-1(3)4/h3,5-6,10-11H,2,4H2,1H3;(H2,2,3,4)/p-2. The lowest BCUT2D eigenvalue weighted by atomic mass is 10.1. The maximum Gasteiger partial charge on any atom is 0.160 e. The number of phenols is 2. The molecule has 1 rings (SSSR count). The minimum absolute atomic E-state index is 0.0225. The summed E-state index contributed by atoms with van der Waals surface area (Å²) < 4.78 is 0. The second-order valence-corrected chi connectivity index (χ2v) is 2.78. The van der Waals surface area contributed by atoms with Crippen LogP contribution in [0.2, 0.25) is 0 Å². The zero-order valence-corrected chi connectivity index (χ0v) is 8.27. The van der Waals surface area contributed by atoms with E-state index in [0.717, 1.165) is 18.4 Å². The summed E-state index contributed by atoms with van der Waals surface area (Å²) in [6.45, 7) is 2.03. The molecule has 1 aromatic rings. The molecule has 0 aromatic heterocycles. The van der Waals surface area contributed by atoms with Gasteiger partial charge < -0.3 is 25.2 Å². The third-order valence-electron chi connectivity index (χ3n) is 1.62. The van der Waals surface area contributed by atoms with Crippen LogP contribution < -0.4 is 10.2 Å². The minimum Gasteiger partial charge on any atom is -0.652 e. The van der Waals surface area contributed by atoms with Crippen LogP contribution in [0.5, 0.6) is 11.5 Å². The summed E-state index contributed by atoms with van der Waals surface area (Å²) >= 11 is 0. The molecule has 0 fully saturated rings. The Hall–Kier alpha value is -1.91. The molecule has 5 heteroatoms. The lowest BCUT2D eigenvalue weighted by Gasteiger charge is -2.03. The maximum atomic E-state index is 9.28. The number of benzene rings is 1. The van der Waals surface area contributed by atoms with Gasteiger partial charge in [-0.25, -0.2) is 0 Å². The monoisotopic (exact) mass is 212 g/mol. The smallest absolute Gasteiger partial charge is 0.160 e. The zero-order chi connectivity index (χ0) is 11.8. The number of carbonyl (C=O) groups is 1. The van der Waals surface area contributed by atoms with Crippen LogP contribution in [0.25, 0.3) is 0 Å². The topological polar surface area (TPSA) is 104 Å². The van der Waals surface area contributed by atoms with Crippen molar-refractivity contribution in [1.29, 1.82) is 0 Å². The second-order valence-electron chi connectivity index (χ2n) is 2.78.